The average Bonchev–Trinajstić information content (AvgIpc) is 2.90. The lowest BCUT2D eigenvalue weighted by Crippen LogP contribution is -2.62. The zero-order valence-electron chi connectivity index (χ0n) is 12.7. The molecule has 3 rings (SSSR count). The molecule has 2 saturated heterocycles. The van der Waals surface area contributed by atoms with Gasteiger partial charge in [-0.2, -0.15) is 4.31 Å². The van der Waals surface area contributed by atoms with Crippen LogP contribution in [0.15, 0.2) is 12.4 Å². The number of aryl methyl sites for hydroxylation is 1. The monoisotopic (exact) mass is 328 g/mol. The molecule has 2 atom stereocenters. The third kappa shape index (κ3) is 2.75. The predicted octanol–water partition coefficient (Wildman–Crippen LogP) is -0.705. The van der Waals surface area contributed by atoms with Gasteiger partial charge in [-0.25, -0.2) is 13.4 Å². The van der Waals surface area contributed by atoms with Crippen LogP contribution >= 0.6 is 0 Å². The van der Waals surface area contributed by atoms with Gasteiger partial charge in [0.05, 0.1) is 25.0 Å². The second-order valence-corrected chi connectivity index (χ2v) is 7.69. The van der Waals surface area contributed by atoms with Crippen LogP contribution < -0.4 is 0 Å². The summed E-state index contributed by atoms with van der Waals surface area (Å²) in [6.07, 6.45) is 4.98. The number of nitrogens with zero attached hydrogens (tertiary/aromatic N) is 4. The summed E-state index contributed by atoms with van der Waals surface area (Å²) in [4.78, 5) is 18.3. The molecule has 22 heavy (non-hydrogen) atoms. The van der Waals surface area contributed by atoms with E-state index in [1.165, 1.54) is 10.6 Å². The first kappa shape index (κ1) is 15.4. The van der Waals surface area contributed by atoms with Gasteiger partial charge in [-0.05, 0) is 6.42 Å². The molecule has 8 nitrogen and oxygen atoms in total. The van der Waals surface area contributed by atoms with Gasteiger partial charge in [0, 0.05) is 39.1 Å². The Morgan fingerprint density at radius 2 is 2.18 bits per heavy atom. The van der Waals surface area contributed by atoms with Crippen LogP contribution in [0.25, 0.3) is 0 Å². The van der Waals surface area contributed by atoms with Gasteiger partial charge >= 0.3 is 0 Å². The number of sulfonamides is 1. The summed E-state index contributed by atoms with van der Waals surface area (Å²) in [5, 5.41) is 0. The summed E-state index contributed by atoms with van der Waals surface area (Å²) in [5.41, 5.74) is 0. The van der Waals surface area contributed by atoms with Crippen LogP contribution in [0.2, 0.25) is 0 Å². The van der Waals surface area contributed by atoms with Crippen molar-refractivity contribution < 1.29 is 17.9 Å². The number of imidazole rings is 1. The number of likely N-dealkylation sites (tertiary alicyclic amines) is 1. The van der Waals surface area contributed by atoms with E-state index in [0.29, 0.717) is 38.5 Å². The summed E-state index contributed by atoms with van der Waals surface area (Å²) in [6, 6.07) is -0.318. The van der Waals surface area contributed by atoms with Crippen molar-refractivity contribution in [3.8, 4) is 0 Å². The number of rotatable bonds is 2. The van der Waals surface area contributed by atoms with E-state index in [1.807, 2.05) is 0 Å². The van der Waals surface area contributed by atoms with Crippen molar-refractivity contribution in [2.45, 2.75) is 18.6 Å². The fourth-order valence-corrected chi connectivity index (χ4v) is 4.25. The smallest absolute Gasteiger partial charge is 0.289 e. The first-order chi connectivity index (χ1) is 10.4. The van der Waals surface area contributed by atoms with E-state index >= 15 is 0 Å². The Labute approximate surface area is 129 Å². The highest BCUT2D eigenvalue weighted by Crippen LogP contribution is 2.25. The van der Waals surface area contributed by atoms with Crippen LogP contribution in [0.1, 0.15) is 17.0 Å². The minimum absolute atomic E-state index is 0.145. The maximum atomic E-state index is 12.5. The molecule has 1 aromatic heterocycles. The normalized spacial score (nSPS) is 26.7. The maximum Gasteiger partial charge on any atom is 0.289 e. The first-order valence-electron chi connectivity index (χ1n) is 7.23. The van der Waals surface area contributed by atoms with Crippen molar-refractivity contribution in [2.75, 3.05) is 32.5 Å². The van der Waals surface area contributed by atoms with E-state index in [4.69, 9.17) is 4.74 Å². The Kier molecular flexibility index (Phi) is 3.96. The van der Waals surface area contributed by atoms with Gasteiger partial charge in [0.2, 0.25) is 10.0 Å². The highest BCUT2D eigenvalue weighted by Gasteiger charge is 2.42. The summed E-state index contributed by atoms with van der Waals surface area (Å²) < 4.78 is 32.7. The number of fused-ring (bicyclic) bond motifs is 1. The van der Waals surface area contributed by atoms with Crippen LogP contribution in [0.4, 0.5) is 0 Å². The van der Waals surface area contributed by atoms with Gasteiger partial charge < -0.3 is 14.2 Å². The molecular formula is C13H20N4O4S. The first-order valence-corrected chi connectivity index (χ1v) is 9.08. The average molecular weight is 328 g/mol. The van der Waals surface area contributed by atoms with E-state index in [2.05, 4.69) is 4.98 Å². The number of amides is 1. The number of morpholine rings is 1. The van der Waals surface area contributed by atoms with E-state index in [0.717, 1.165) is 0 Å². The van der Waals surface area contributed by atoms with Gasteiger partial charge in [0.25, 0.3) is 5.91 Å². The highest BCUT2D eigenvalue weighted by atomic mass is 32.2. The Balaban J connectivity index is 1.80. The largest absolute Gasteiger partial charge is 0.375 e. The van der Waals surface area contributed by atoms with Crippen molar-refractivity contribution in [1.29, 1.82) is 0 Å². The fourth-order valence-electron chi connectivity index (χ4n) is 3.15. The van der Waals surface area contributed by atoms with Gasteiger partial charge in [-0.15, -0.1) is 0 Å². The Morgan fingerprint density at radius 3 is 2.82 bits per heavy atom. The van der Waals surface area contributed by atoms with E-state index in [9.17, 15) is 13.2 Å². The standard InChI is InChI=1S/C13H20N4O4S/c1-15-6-4-14-12(15)13(18)16-5-3-11-10(9-16)17(7-8-21-11)22(2,19)20/h4,6,10-11H,3,5,7-9H2,1-2H3/t10-,11-/m0/s1. The molecule has 0 radical (unpaired) electrons. The molecule has 1 aromatic rings. The van der Waals surface area contributed by atoms with Crippen LogP contribution in [0.3, 0.4) is 0 Å². The lowest BCUT2D eigenvalue weighted by atomic mass is 10.0. The molecule has 0 saturated carbocycles. The second-order valence-electron chi connectivity index (χ2n) is 5.75. The van der Waals surface area contributed by atoms with E-state index in [-0.39, 0.29) is 18.1 Å². The lowest BCUT2D eigenvalue weighted by molar-refractivity contribution is -0.0706. The predicted molar refractivity (Wildman–Crippen MR) is 78.8 cm³/mol. The zero-order valence-corrected chi connectivity index (χ0v) is 13.5. The number of hydrogen-bond acceptors (Lipinski definition) is 5. The van der Waals surface area contributed by atoms with Gasteiger partial charge in [0.1, 0.15) is 0 Å². The van der Waals surface area contributed by atoms with E-state index < -0.39 is 10.0 Å². The van der Waals surface area contributed by atoms with Crippen LogP contribution in [0, 0.1) is 0 Å². The van der Waals surface area contributed by atoms with Gasteiger partial charge in [-0.1, -0.05) is 0 Å². The molecule has 0 bridgehead atoms. The molecule has 2 fully saturated rings. The molecular weight excluding hydrogens is 308 g/mol. The molecule has 0 aliphatic carbocycles. The molecule has 9 heteroatoms. The van der Waals surface area contributed by atoms with Crippen LogP contribution in [-0.2, 0) is 21.8 Å². The third-order valence-electron chi connectivity index (χ3n) is 4.26. The summed E-state index contributed by atoms with van der Waals surface area (Å²) in [5.74, 6) is 0.186. The molecule has 0 aromatic carbocycles. The van der Waals surface area contributed by atoms with E-state index in [1.54, 1.807) is 28.9 Å². The Hall–Kier alpha value is -1.45. The fraction of sp³-hybridized carbons (Fsp3) is 0.692. The van der Waals surface area contributed by atoms with Crippen molar-refractivity contribution in [2.24, 2.45) is 7.05 Å². The number of aromatic nitrogens is 2. The number of ether oxygens (including phenoxy) is 1. The van der Waals surface area contributed by atoms with Crippen molar-refractivity contribution >= 4 is 15.9 Å². The SMILES string of the molecule is Cn1ccnc1C(=O)N1CC[C@@H]2OCCN(S(C)(=O)=O)[C@H]2C1. The summed E-state index contributed by atoms with van der Waals surface area (Å²) in [6.45, 7) is 1.62. The molecule has 122 valence electrons. The molecule has 2 aliphatic rings. The van der Waals surface area contributed by atoms with Crippen LogP contribution in [0.5, 0.6) is 0 Å². The number of carbonyl (C=O) groups is 1. The van der Waals surface area contributed by atoms with Crippen LogP contribution in [-0.4, -0.2) is 77.7 Å². The third-order valence-corrected chi connectivity index (χ3v) is 5.56. The molecule has 0 unspecified atom stereocenters. The van der Waals surface area contributed by atoms with Crippen molar-refractivity contribution in [1.82, 2.24) is 18.8 Å². The molecule has 3 heterocycles. The number of hydrogen-bond donors (Lipinski definition) is 0. The quantitative estimate of drug-likeness (QED) is 0.716. The summed E-state index contributed by atoms with van der Waals surface area (Å²) >= 11 is 0. The molecule has 2 aliphatic heterocycles. The Bertz CT molecular complexity index is 671. The van der Waals surface area contributed by atoms with Gasteiger partial charge in [-0.3, -0.25) is 4.79 Å². The zero-order chi connectivity index (χ0) is 15.9. The topological polar surface area (TPSA) is 84.7 Å². The van der Waals surface area contributed by atoms with Crippen molar-refractivity contribution in [3.63, 3.8) is 0 Å². The highest BCUT2D eigenvalue weighted by molar-refractivity contribution is 7.88. The molecule has 0 spiro atoms. The number of piperidine rings is 1. The minimum atomic E-state index is -3.31. The second kappa shape index (κ2) is 5.64. The number of carbonyl (C=O) groups excluding carboxylic acids is 1. The van der Waals surface area contributed by atoms with Gasteiger partial charge in [0.15, 0.2) is 5.82 Å². The minimum Gasteiger partial charge on any atom is -0.375 e. The molecule has 1 amide bonds. The molecule has 0 N–H and O–H groups in total. The lowest BCUT2D eigenvalue weighted by Gasteiger charge is -2.45. The summed E-state index contributed by atoms with van der Waals surface area (Å²) in [7, 11) is -1.55. The maximum absolute atomic E-state index is 12.5. The van der Waals surface area contributed by atoms with Crippen molar-refractivity contribution in [3.05, 3.63) is 18.2 Å². The Morgan fingerprint density at radius 1 is 1.41 bits per heavy atom.